The third kappa shape index (κ3) is 2.84. The molecule has 1 unspecified atom stereocenters. The van der Waals surface area contributed by atoms with Crippen LogP contribution >= 0.6 is 0 Å². The first-order chi connectivity index (χ1) is 11.3. The molecule has 2 heterocycles. The van der Waals surface area contributed by atoms with Crippen LogP contribution in [0.25, 0.3) is 11.0 Å². The molecule has 1 atom stereocenters. The molecule has 0 saturated heterocycles. The molecule has 0 aliphatic carbocycles. The van der Waals surface area contributed by atoms with Crippen molar-refractivity contribution in [2.24, 2.45) is 7.05 Å². The summed E-state index contributed by atoms with van der Waals surface area (Å²) in [6.45, 7) is 2.04. The summed E-state index contributed by atoms with van der Waals surface area (Å²) in [6.07, 6.45) is 4.48. The SMILES string of the molecule is CC(c1ccc(S(C)(=O)=O)cc1)N(C)c1ncnc2c1cnn2C. The van der Waals surface area contributed by atoms with Crippen molar-refractivity contribution in [2.45, 2.75) is 17.9 Å². The van der Waals surface area contributed by atoms with Crippen molar-refractivity contribution in [3.05, 3.63) is 42.4 Å². The normalized spacial score (nSPS) is 13.2. The number of aromatic nitrogens is 4. The van der Waals surface area contributed by atoms with Gasteiger partial charge in [0.25, 0.3) is 0 Å². The number of rotatable bonds is 4. The molecule has 0 N–H and O–H groups in total. The Morgan fingerprint density at radius 2 is 1.83 bits per heavy atom. The molecule has 7 nitrogen and oxygen atoms in total. The monoisotopic (exact) mass is 345 g/mol. The molecule has 0 fully saturated rings. The number of aryl methyl sites for hydroxylation is 1. The van der Waals surface area contributed by atoms with Gasteiger partial charge in [0.2, 0.25) is 0 Å². The van der Waals surface area contributed by atoms with Gasteiger partial charge in [0.1, 0.15) is 12.1 Å². The largest absolute Gasteiger partial charge is 0.352 e. The van der Waals surface area contributed by atoms with Gasteiger partial charge >= 0.3 is 0 Å². The standard InChI is InChI=1S/C16H19N5O2S/c1-11(12-5-7-13(8-6-12)24(4,22)23)20(2)15-14-9-19-21(3)16(14)18-10-17-15/h5-11H,1-4H3. The molecule has 0 amide bonds. The Bertz CT molecular complexity index is 979. The summed E-state index contributed by atoms with van der Waals surface area (Å²) in [6, 6.07) is 6.94. The third-order valence-electron chi connectivity index (χ3n) is 4.21. The molecule has 24 heavy (non-hydrogen) atoms. The molecule has 2 aromatic heterocycles. The first-order valence-corrected chi connectivity index (χ1v) is 9.33. The maximum Gasteiger partial charge on any atom is 0.175 e. The van der Waals surface area contributed by atoms with Crippen molar-refractivity contribution in [1.29, 1.82) is 0 Å². The van der Waals surface area contributed by atoms with Crippen LogP contribution < -0.4 is 4.90 Å². The Hall–Kier alpha value is -2.48. The predicted octanol–water partition coefficient (Wildman–Crippen LogP) is 1.96. The fourth-order valence-electron chi connectivity index (χ4n) is 2.63. The average molecular weight is 345 g/mol. The summed E-state index contributed by atoms with van der Waals surface area (Å²) in [4.78, 5) is 11.0. The van der Waals surface area contributed by atoms with E-state index < -0.39 is 9.84 Å². The predicted molar refractivity (Wildman–Crippen MR) is 92.7 cm³/mol. The highest BCUT2D eigenvalue weighted by Crippen LogP contribution is 2.29. The quantitative estimate of drug-likeness (QED) is 0.719. The van der Waals surface area contributed by atoms with Gasteiger partial charge in [-0.05, 0) is 24.6 Å². The molecule has 1 aromatic carbocycles. The molecule has 126 valence electrons. The Balaban J connectivity index is 1.95. The minimum Gasteiger partial charge on any atom is -0.352 e. The highest BCUT2D eigenvalue weighted by molar-refractivity contribution is 7.90. The lowest BCUT2D eigenvalue weighted by atomic mass is 10.1. The maximum absolute atomic E-state index is 11.6. The van der Waals surface area contributed by atoms with Gasteiger partial charge in [-0.3, -0.25) is 4.68 Å². The zero-order valence-electron chi connectivity index (χ0n) is 14.0. The van der Waals surface area contributed by atoms with Gasteiger partial charge in [0.15, 0.2) is 15.5 Å². The van der Waals surface area contributed by atoms with Crippen LogP contribution in [0.2, 0.25) is 0 Å². The second kappa shape index (κ2) is 5.86. The van der Waals surface area contributed by atoms with E-state index in [4.69, 9.17) is 0 Å². The molecule has 0 radical (unpaired) electrons. The van der Waals surface area contributed by atoms with E-state index >= 15 is 0 Å². The van der Waals surface area contributed by atoms with Crippen molar-refractivity contribution >= 4 is 26.7 Å². The van der Waals surface area contributed by atoms with Crippen LogP contribution in [0.3, 0.4) is 0 Å². The van der Waals surface area contributed by atoms with Crippen LogP contribution in [0.1, 0.15) is 18.5 Å². The zero-order valence-corrected chi connectivity index (χ0v) is 14.8. The van der Waals surface area contributed by atoms with Gasteiger partial charge in [0, 0.05) is 20.4 Å². The summed E-state index contributed by atoms with van der Waals surface area (Å²) in [5.41, 5.74) is 1.77. The number of nitrogens with zero attached hydrogens (tertiary/aromatic N) is 5. The number of hydrogen-bond acceptors (Lipinski definition) is 6. The van der Waals surface area contributed by atoms with E-state index in [0.717, 1.165) is 22.4 Å². The molecule has 0 aliphatic heterocycles. The van der Waals surface area contributed by atoms with Crippen LogP contribution in [0.5, 0.6) is 0 Å². The van der Waals surface area contributed by atoms with Gasteiger partial charge in [-0.15, -0.1) is 0 Å². The van der Waals surface area contributed by atoms with Crippen LogP contribution in [-0.2, 0) is 16.9 Å². The Kier molecular flexibility index (Phi) is 4.00. The summed E-state index contributed by atoms with van der Waals surface area (Å²) < 4.78 is 24.9. The lowest BCUT2D eigenvalue weighted by Gasteiger charge is -2.26. The second-order valence-corrected chi connectivity index (χ2v) is 7.85. The molecule has 8 heteroatoms. The van der Waals surface area contributed by atoms with Gasteiger partial charge < -0.3 is 4.90 Å². The van der Waals surface area contributed by atoms with Gasteiger partial charge in [-0.1, -0.05) is 12.1 Å². The maximum atomic E-state index is 11.6. The third-order valence-corrected chi connectivity index (χ3v) is 5.34. The van der Waals surface area contributed by atoms with Crippen molar-refractivity contribution in [3.8, 4) is 0 Å². The van der Waals surface area contributed by atoms with Gasteiger partial charge in [0.05, 0.1) is 22.5 Å². The molecule has 3 aromatic rings. The lowest BCUT2D eigenvalue weighted by molar-refractivity contribution is 0.601. The summed E-state index contributed by atoms with van der Waals surface area (Å²) in [7, 11) is 0.599. The fourth-order valence-corrected chi connectivity index (χ4v) is 3.26. The first-order valence-electron chi connectivity index (χ1n) is 7.44. The number of sulfone groups is 1. The topological polar surface area (TPSA) is 81.0 Å². The highest BCUT2D eigenvalue weighted by atomic mass is 32.2. The summed E-state index contributed by atoms with van der Waals surface area (Å²) >= 11 is 0. The van der Waals surface area contributed by atoms with Crippen molar-refractivity contribution < 1.29 is 8.42 Å². The molecular formula is C16H19N5O2S. The van der Waals surface area contributed by atoms with Crippen LogP contribution in [-0.4, -0.2) is 41.5 Å². The molecular weight excluding hydrogens is 326 g/mol. The molecule has 0 bridgehead atoms. The summed E-state index contributed by atoms with van der Waals surface area (Å²) in [5, 5.41) is 5.11. The van der Waals surface area contributed by atoms with Crippen LogP contribution in [0, 0.1) is 0 Å². The smallest absolute Gasteiger partial charge is 0.175 e. The van der Waals surface area contributed by atoms with E-state index in [1.54, 1.807) is 23.0 Å². The zero-order chi connectivity index (χ0) is 17.5. The number of anilines is 1. The molecule has 0 aliphatic rings. The minimum absolute atomic E-state index is 0.0110. The lowest BCUT2D eigenvalue weighted by Crippen LogP contribution is -2.23. The number of benzene rings is 1. The van der Waals surface area contributed by atoms with E-state index in [9.17, 15) is 8.42 Å². The molecule has 0 saturated carbocycles. The van der Waals surface area contributed by atoms with Crippen LogP contribution in [0.4, 0.5) is 5.82 Å². The van der Waals surface area contributed by atoms with E-state index in [2.05, 4.69) is 15.1 Å². The molecule has 3 rings (SSSR count). The van der Waals surface area contributed by atoms with Crippen molar-refractivity contribution in [1.82, 2.24) is 19.7 Å². The van der Waals surface area contributed by atoms with E-state index in [1.165, 1.54) is 12.6 Å². The summed E-state index contributed by atoms with van der Waals surface area (Å²) in [5.74, 6) is 0.785. The fraction of sp³-hybridized carbons (Fsp3) is 0.312. The molecule has 0 spiro atoms. The number of hydrogen-bond donors (Lipinski definition) is 0. The minimum atomic E-state index is -3.19. The van der Waals surface area contributed by atoms with E-state index in [-0.39, 0.29) is 6.04 Å². The van der Waals surface area contributed by atoms with Gasteiger partial charge in [-0.2, -0.15) is 5.10 Å². The van der Waals surface area contributed by atoms with Gasteiger partial charge in [-0.25, -0.2) is 18.4 Å². The Labute approximate surface area is 140 Å². The van der Waals surface area contributed by atoms with E-state index in [1.807, 2.05) is 38.1 Å². The first kappa shape index (κ1) is 16.4. The Morgan fingerprint density at radius 1 is 1.17 bits per heavy atom. The van der Waals surface area contributed by atoms with Crippen molar-refractivity contribution in [2.75, 3.05) is 18.2 Å². The average Bonchev–Trinajstić information content (AvgIpc) is 2.94. The van der Waals surface area contributed by atoms with Crippen molar-refractivity contribution in [3.63, 3.8) is 0 Å². The van der Waals surface area contributed by atoms with Crippen LogP contribution in [0.15, 0.2) is 41.7 Å². The van der Waals surface area contributed by atoms with E-state index in [0.29, 0.717) is 4.90 Å². The highest BCUT2D eigenvalue weighted by Gasteiger charge is 2.18. The number of fused-ring (bicyclic) bond motifs is 1. The second-order valence-electron chi connectivity index (χ2n) is 5.83. The Morgan fingerprint density at radius 3 is 2.46 bits per heavy atom.